The lowest BCUT2D eigenvalue weighted by molar-refractivity contribution is -0.139. The minimum absolute atomic E-state index is 0.0681. The SMILES string of the molecule is O=C(N[C@@H](Cc1ccccc1I)C(=O)O)OCC1c2ccccc2-c2ccccc21. The number of fused-ring (bicyclic) bond motifs is 3. The smallest absolute Gasteiger partial charge is 0.407 e. The van der Waals surface area contributed by atoms with Gasteiger partial charge in [-0.2, -0.15) is 0 Å². The molecule has 3 aromatic rings. The zero-order valence-corrected chi connectivity index (χ0v) is 18.2. The molecule has 152 valence electrons. The Bertz CT molecular complexity index is 1050. The lowest BCUT2D eigenvalue weighted by atomic mass is 9.98. The Labute approximate surface area is 188 Å². The van der Waals surface area contributed by atoms with Crippen LogP contribution < -0.4 is 5.32 Å². The molecule has 1 amide bonds. The summed E-state index contributed by atoms with van der Waals surface area (Å²) in [5.74, 6) is -1.16. The Morgan fingerprint density at radius 2 is 1.50 bits per heavy atom. The van der Waals surface area contributed by atoms with Gasteiger partial charge in [-0.15, -0.1) is 0 Å². The molecule has 1 aliphatic carbocycles. The summed E-state index contributed by atoms with van der Waals surface area (Å²) in [6.07, 6.45) is -0.534. The molecule has 0 aromatic heterocycles. The molecule has 0 unspecified atom stereocenters. The first-order chi connectivity index (χ1) is 14.5. The Kier molecular flexibility index (Phi) is 6.03. The summed E-state index contributed by atoms with van der Waals surface area (Å²) in [6.45, 7) is 0.148. The molecule has 0 radical (unpaired) electrons. The topological polar surface area (TPSA) is 75.6 Å². The fourth-order valence-corrected chi connectivity index (χ4v) is 4.47. The average Bonchev–Trinajstić information content (AvgIpc) is 3.07. The zero-order chi connectivity index (χ0) is 21.1. The molecule has 5 nitrogen and oxygen atoms in total. The van der Waals surface area contributed by atoms with Crippen LogP contribution >= 0.6 is 22.6 Å². The number of halogens is 1. The van der Waals surface area contributed by atoms with Crippen LogP contribution in [0, 0.1) is 3.57 Å². The van der Waals surface area contributed by atoms with Crippen LogP contribution in [0.2, 0.25) is 0 Å². The van der Waals surface area contributed by atoms with E-state index in [9.17, 15) is 14.7 Å². The van der Waals surface area contributed by atoms with Gasteiger partial charge in [-0.3, -0.25) is 0 Å². The molecule has 2 N–H and O–H groups in total. The van der Waals surface area contributed by atoms with Gasteiger partial charge in [-0.25, -0.2) is 9.59 Å². The minimum atomic E-state index is -1.09. The van der Waals surface area contributed by atoms with Gasteiger partial charge in [0.25, 0.3) is 0 Å². The van der Waals surface area contributed by atoms with E-state index in [1.165, 1.54) is 0 Å². The van der Waals surface area contributed by atoms with Crippen LogP contribution in [-0.2, 0) is 16.0 Å². The maximum atomic E-state index is 12.4. The molecule has 6 heteroatoms. The van der Waals surface area contributed by atoms with Crippen molar-refractivity contribution in [3.63, 3.8) is 0 Å². The molecule has 0 saturated carbocycles. The molecule has 0 heterocycles. The van der Waals surface area contributed by atoms with Crippen molar-refractivity contribution in [3.05, 3.63) is 93.1 Å². The number of hydrogen-bond acceptors (Lipinski definition) is 3. The second-order valence-electron chi connectivity index (χ2n) is 7.16. The zero-order valence-electron chi connectivity index (χ0n) is 16.0. The minimum Gasteiger partial charge on any atom is -0.480 e. The number of ether oxygens (including phenoxy) is 1. The highest BCUT2D eigenvalue weighted by Gasteiger charge is 2.29. The maximum absolute atomic E-state index is 12.4. The van der Waals surface area contributed by atoms with Crippen molar-refractivity contribution in [2.24, 2.45) is 0 Å². The van der Waals surface area contributed by atoms with Gasteiger partial charge < -0.3 is 15.2 Å². The molecule has 1 atom stereocenters. The highest BCUT2D eigenvalue weighted by molar-refractivity contribution is 14.1. The fraction of sp³-hybridized carbons (Fsp3) is 0.167. The number of alkyl carbamates (subject to hydrolysis) is 1. The third-order valence-electron chi connectivity index (χ3n) is 5.32. The summed E-state index contributed by atoms with van der Waals surface area (Å²) in [6, 6.07) is 22.6. The molecule has 0 saturated heterocycles. The highest BCUT2D eigenvalue weighted by Crippen LogP contribution is 2.44. The van der Waals surface area contributed by atoms with Crippen molar-refractivity contribution in [3.8, 4) is 11.1 Å². The molecule has 1 aliphatic rings. The summed E-state index contributed by atoms with van der Waals surface area (Å²) in [7, 11) is 0. The van der Waals surface area contributed by atoms with Crippen LogP contribution in [0.1, 0.15) is 22.6 Å². The number of benzene rings is 3. The number of hydrogen-bond donors (Lipinski definition) is 2. The number of carboxylic acid groups (broad SMARTS) is 1. The van der Waals surface area contributed by atoms with Crippen LogP contribution in [0.25, 0.3) is 11.1 Å². The lowest BCUT2D eigenvalue weighted by Gasteiger charge is -2.18. The van der Waals surface area contributed by atoms with E-state index in [1.807, 2.05) is 60.7 Å². The molecule has 0 bridgehead atoms. The largest absolute Gasteiger partial charge is 0.480 e. The number of nitrogens with one attached hydrogen (secondary N) is 1. The highest BCUT2D eigenvalue weighted by atomic mass is 127. The van der Waals surface area contributed by atoms with Gasteiger partial charge >= 0.3 is 12.1 Å². The number of aliphatic carboxylic acids is 1. The monoisotopic (exact) mass is 513 g/mol. The number of rotatable bonds is 6. The van der Waals surface area contributed by atoms with Gasteiger partial charge in [-0.05, 0) is 56.5 Å². The van der Waals surface area contributed by atoms with Crippen LogP contribution in [0.5, 0.6) is 0 Å². The van der Waals surface area contributed by atoms with Crippen LogP contribution in [0.15, 0.2) is 72.8 Å². The maximum Gasteiger partial charge on any atom is 0.407 e. The second-order valence-corrected chi connectivity index (χ2v) is 8.32. The average molecular weight is 513 g/mol. The summed E-state index contributed by atoms with van der Waals surface area (Å²) in [4.78, 5) is 24.1. The summed E-state index contributed by atoms with van der Waals surface area (Å²) in [5.41, 5.74) is 5.37. The third kappa shape index (κ3) is 4.18. The van der Waals surface area contributed by atoms with Crippen molar-refractivity contribution in [2.45, 2.75) is 18.4 Å². The van der Waals surface area contributed by atoms with Crippen molar-refractivity contribution in [1.29, 1.82) is 0 Å². The van der Waals surface area contributed by atoms with Crippen molar-refractivity contribution in [1.82, 2.24) is 5.32 Å². The summed E-state index contributed by atoms with van der Waals surface area (Å²) in [5, 5.41) is 12.0. The predicted molar refractivity (Wildman–Crippen MR) is 122 cm³/mol. The number of amides is 1. The van der Waals surface area contributed by atoms with Gasteiger partial charge in [0.05, 0.1) is 0 Å². The van der Waals surface area contributed by atoms with Crippen LogP contribution in [-0.4, -0.2) is 29.8 Å². The molecule has 4 rings (SSSR count). The van der Waals surface area contributed by atoms with Gasteiger partial charge in [0, 0.05) is 15.9 Å². The fourth-order valence-electron chi connectivity index (χ4n) is 3.87. The Morgan fingerprint density at radius 1 is 0.933 bits per heavy atom. The summed E-state index contributed by atoms with van der Waals surface area (Å²) >= 11 is 2.16. The Balaban J connectivity index is 1.44. The Morgan fingerprint density at radius 3 is 2.10 bits per heavy atom. The lowest BCUT2D eigenvalue weighted by Crippen LogP contribution is -2.43. The Hall–Kier alpha value is -2.87. The van der Waals surface area contributed by atoms with Gasteiger partial charge in [0.2, 0.25) is 0 Å². The van der Waals surface area contributed by atoms with Crippen molar-refractivity contribution >= 4 is 34.7 Å². The number of carbonyl (C=O) groups excluding carboxylic acids is 1. The van der Waals surface area contributed by atoms with Gasteiger partial charge in [0.1, 0.15) is 12.6 Å². The summed E-state index contributed by atoms with van der Waals surface area (Å²) < 4.78 is 6.43. The molecular formula is C24H20INO4. The first kappa shape index (κ1) is 20.4. The normalized spacial score (nSPS) is 13.2. The van der Waals surface area contributed by atoms with E-state index in [0.717, 1.165) is 31.4 Å². The van der Waals surface area contributed by atoms with Crippen LogP contribution in [0.4, 0.5) is 4.79 Å². The molecule has 30 heavy (non-hydrogen) atoms. The van der Waals surface area contributed by atoms with Crippen molar-refractivity contribution < 1.29 is 19.4 Å². The van der Waals surface area contributed by atoms with E-state index >= 15 is 0 Å². The molecular weight excluding hydrogens is 493 g/mol. The van der Waals surface area contributed by atoms with E-state index in [1.54, 1.807) is 0 Å². The van der Waals surface area contributed by atoms with Crippen LogP contribution in [0.3, 0.4) is 0 Å². The van der Waals surface area contributed by atoms with E-state index in [2.05, 4.69) is 40.0 Å². The second kappa shape index (κ2) is 8.87. The standard InChI is InChI=1S/C24H20INO4/c25-21-12-6-1-7-15(21)13-22(23(27)28)26-24(29)30-14-20-18-10-4-2-8-16(18)17-9-3-5-11-19(17)20/h1-12,20,22H,13-14H2,(H,26,29)(H,27,28)/t22-/m0/s1. The van der Waals surface area contributed by atoms with Gasteiger partial charge in [0.15, 0.2) is 0 Å². The molecule has 0 aliphatic heterocycles. The van der Waals surface area contributed by atoms with Crippen molar-refractivity contribution in [2.75, 3.05) is 6.61 Å². The first-order valence-corrected chi connectivity index (χ1v) is 10.7. The van der Waals surface area contributed by atoms with Gasteiger partial charge in [-0.1, -0.05) is 66.7 Å². The number of carbonyl (C=O) groups is 2. The van der Waals surface area contributed by atoms with E-state index < -0.39 is 18.1 Å². The van der Waals surface area contributed by atoms with E-state index in [-0.39, 0.29) is 18.9 Å². The number of carboxylic acids is 1. The van der Waals surface area contributed by atoms with E-state index in [4.69, 9.17) is 4.74 Å². The van der Waals surface area contributed by atoms with E-state index in [0.29, 0.717) is 0 Å². The third-order valence-corrected chi connectivity index (χ3v) is 6.37. The first-order valence-electron chi connectivity index (χ1n) is 9.62. The molecule has 0 spiro atoms. The molecule has 3 aromatic carbocycles. The molecule has 0 fully saturated rings. The predicted octanol–water partition coefficient (Wildman–Crippen LogP) is 4.83. The quantitative estimate of drug-likeness (QED) is 0.464.